The van der Waals surface area contributed by atoms with E-state index in [2.05, 4.69) is 20.4 Å². The lowest BCUT2D eigenvalue weighted by Crippen LogP contribution is -2.48. The van der Waals surface area contributed by atoms with Crippen molar-refractivity contribution in [2.24, 2.45) is 0 Å². The normalized spacial score (nSPS) is 15.3. The van der Waals surface area contributed by atoms with Crippen molar-refractivity contribution in [2.45, 2.75) is 57.6 Å². The Balaban J connectivity index is 1.17. The maximum atomic E-state index is 15.9. The zero-order valence-corrected chi connectivity index (χ0v) is 26.0. The van der Waals surface area contributed by atoms with Crippen LogP contribution in [0.3, 0.4) is 0 Å². The Bertz CT molecular complexity index is 2090. The molecule has 0 unspecified atom stereocenters. The van der Waals surface area contributed by atoms with E-state index in [-0.39, 0.29) is 34.5 Å². The second-order valence-corrected chi connectivity index (χ2v) is 12.5. The molecule has 0 radical (unpaired) electrons. The predicted octanol–water partition coefficient (Wildman–Crippen LogP) is 3.14. The van der Waals surface area contributed by atoms with E-state index >= 15 is 4.39 Å². The van der Waals surface area contributed by atoms with Crippen molar-refractivity contribution in [3.63, 3.8) is 0 Å². The number of pyridine rings is 1. The monoisotopic (exact) mass is 639 g/mol. The summed E-state index contributed by atoms with van der Waals surface area (Å²) in [4.78, 5) is 49.6. The highest BCUT2D eigenvalue weighted by molar-refractivity contribution is 6.05. The minimum atomic E-state index is -1.45. The number of nitrogens with zero attached hydrogens (tertiary/aromatic N) is 7. The lowest BCUT2D eigenvalue weighted by Gasteiger charge is -2.35. The van der Waals surface area contributed by atoms with Gasteiger partial charge in [-0.2, -0.15) is 9.78 Å². The minimum Gasteiger partial charge on any atom is -0.382 e. The van der Waals surface area contributed by atoms with Crippen LogP contribution in [0.2, 0.25) is 0 Å². The number of carbonyl (C=O) groups is 2. The number of benzene rings is 1. The Labute approximate surface area is 268 Å². The topological polar surface area (TPSA) is 166 Å². The molecule has 4 N–H and O–H groups in total. The highest BCUT2D eigenvalue weighted by Gasteiger charge is 2.34. The van der Waals surface area contributed by atoms with Gasteiger partial charge < -0.3 is 21.1 Å². The van der Waals surface area contributed by atoms with Gasteiger partial charge in [-0.15, -0.1) is 0 Å². The number of halogens is 1. The summed E-state index contributed by atoms with van der Waals surface area (Å²) in [5, 5.41) is 17.3. The molecule has 2 aliphatic rings. The van der Waals surface area contributed by atoms with Crippen LogP contribution in [0, 0.1) is 5.82 Å². The highest BCUT2D eigenvalue weighted by atomic mass is 19.1. The van der Waals surface area contributed by atoms with Crippen LogP contribution in [-0.2, 0) is 17.8 Å². The lowest BCUT2D eigenvalue weighted by molar-refractivity contribution is -0.148. The van der Waals surface area contributed by atoms with E-state index in [1.54, 1.807) is 50.6 Å². The van der Waals surface area contributed by atoms with E-state index in [1.165, 1.54) is 30.9 Å². The van der Waals surface area contributed by atoms with Crippen LogP contribution in [0.5, 0.6) is 0 Å². The number of nitrogens with two attached hydrogens (primary N) is 1. The number of hydrogen-bond donors (Lipinski definition) is 3. The molecule has 0 spiro atoms. The fourth-order valence-electron chi connectivity index (χ4n) is 6.77. The minimum absolute atomic E-state index is 0.00249. The molecule has 0 aliphatic carbocycles. The average molecular weight is 640 g/mol. The highest BCUT2D eigenvalue weighted by Crippen LogP contribution is 2.38. The molecule has 0 saturated carbocycles. The third kappa shape index (κ3) is 5.23. The van der Waals surface area contributed by atoms with Crippen LogP contribution < -0.4 is 16.6 Å². The van der Waals surface area contributed by atoms with Crippen LogP contribution in [0.1, 0.15) is 60.8 Å². The molecule has 242 valence electrons. The van der Waals surface area contributed by atoms with Gasteiger partial charge in [0.05, 0.1) is 5.69 Å². The molecule has 6 heterocycles. The van der Waals surface area contributed by atoms with E-state index in [0.29, 0.717) is 61.5 Å². The largest absolute Gasteiger partial charge is 0.382 e. The molecule has 1 fully saturated rings. The molecule has 2 amide bonds. The third-order valence-electron chi connectivity index (χ3n) is 8.98. The summed E-state index contributed by atoms with van der Waals surface area (Å²) in [6.45, 7) is 4.45. The van der Waals surface area contributed by atoms with Crippen LogP contribution in [0.4, 0.5) is 15.9 Å². The number of piperidine rings is 1. The quantitative estimate of drug-likeness (QED) is 0.255. The van der Waals surface area contributed by atoms with Crippen molar-refractivity contribution in [1.29, 1.82) is 0 Å². The van der Waals surface area contributed by atoms with Crippen LogP contribution in [0.15, 0.2) is 59.8 Å². The molecule has 5 aromatic rings. The number of nitrogen functional groups attached to an aromatic ring is 1. The Morgan fingerprint density at radius 2 is 1.85 bits per heavy atom. The van der Waals surface area contributed by atoms with Crippen LogP contribution >= 0.6 is 0 Å². The number of carbonyl (C=O) groups excluding carboxylic acids is 2. The number of aromatic nitrogens is 6. The maximum absolute atomic E-state index is 15.9. The molecule has 4 aromatic heterocycles. The maximum Gasteiger partial charge on any atom is 0.285 e. The Morgan fingerprint density at radius 1 is 1.06 bits per heavy atom. The predicted molar refractivity (Wildman–Crippen MR) is 172 cm³/mol. The lowest BCUT2D eigenvalue weighted by atomic mass is 9.92. The second-order valence-electron chi connectivity index (χ2n) is 12.5. The molecule has 14 heteroatoms. The van der Waals surface area contributed by atoms with Crippen LogP contribution in [0.25, 0.3) is 22.5 Å². The third-order valence-corrected chi connectivity index (χ3v) is 8.98. The van der Waals surface area contributed by atoms with Gasteiger partial charge in [0.2, 0.25) is 0 Å². The first-order valence-corrected chi connectivity index (χ1v) is 15.5. The van der Waals surface area contributed by atoms with Gasteiger partial charge in [-0.05, 0) is 75.9 Å². The molecule has 47 heavy (non-hydrogen) atoms. The summed E-state index contributed by atoms with van der Waals surface area (Å²) in [5.41, 5.74) is 7.18. The van der Waals surface area contributed by atoms with Gasteiger partial charge in [-0.1, -0.05) is 6.07 Å². The number of amides is 2. The smallest absolute Gasteiger partial charge is 0.285 e. The van der Waals surface area contributed by atoms with Gasteiger partial charge in [0.15, 0.2) is 11.6 Å². The second kappa shape index (κ2) is 11.5. The summed E-state index contributed by atoms with van der Waals surface area (Å²) in [6.07, 6.45) is 5.52. The van der Waals surface area contributed by atoms with Gasteiger partial charge in [0.1, 0.15) is 28.8 Å². The summed E-state index contributed by atoms with van der Waals surface area (Å²) in [5.74, 6) is -0.949. The first-order chi connectivity index (χ1) is 22.5. The first-order valence-electron chi connectivity index (χ1n) is 15.5. The SMILES string of the molecule is CC(C)(O)C(=O)N1CCC(c2cc(-c3ccc(NC(=O)c4c5n(n(-c6ccccn6)c4=O)CCC5)cc3F)c3c(N)ncnn23)CC1. The number of likely N-dealkylation sites (tertiary alicyclic amines) is 1. The molecule has 7 rings (SSSR count). The van der Waals surface area contributed by atoms with E-state index in [0.717, 1.165) is 12.1 Å². The van der Waals surface area contributed by atoms with Gasteiger partial charge in [0, 0.05) is 54.3 Å². The number of nitrogens with one attached hydrogen (secondary N) is 1. The Kier molecular flexibility index (Phi) is 7.38. The fraction of sp³-hybridized carbons (Fsp3) is 0.333. The Hall–Kier alpha value is -5.37. The van der Waals surface area contributed by atoms with Crippen molar-refractivity contribution in [2.75, 3.05) is 24.1 Å². The molecule has 13 nitrogen and oxygen atoms in total. The zero-order valence-electron chi connectivity index (χ0n) is 26.0. The number of fused-ring (bicyclic) bond motifs is 2. The molecule has 0 bridgehead atoms. The van der Waals surface area contributed by atoms with Gasteiger partial charge in [-0.3, -0.25) is 19.1 Å². The fourth-order valence-corrected chi connectivity index (χ4v) is 6.77. The standard InChI is InChI=1S/C33H34FN9O4/c1-33(2,47)32(46)40-14-10-19(11-15-40)25-17-22(28-29(35)37-18-38-42(25)28)21-9-8-20(16-23(21)34)39-30(44)27-24-6-5-13-41(24)43(31(27)45)26-7-3-4-12-36-26/h3-4,7-9,12,16-19,47H,5-6,10-11,13-15H2,1-2H3,(H,39,44)(H2,35,37,38). The Morgan fingerprint density at radius 3 is 2.55 bits per heavy atom. The van der Waals surface area contributed by atoms with E-state index in [9.17, 15) is 19.5 Å². The number of anilines is 2. The number of aliphatic hydroxyl groups is 1. The molecule has 1 aromatic carbocycles. The van der Waals surface area contributed by atoms with Crippen molar-refractivity contribution >= 4 is 28.8 Å². The molecular formula is C33H34FN9O4. The van der Waals surface area contributed by atoms with E-state index in [4.69, 9.17) is 5.73 Å². The van der Waals surface area contributed by atoms with E-state index in [1.807, 2.05) is 6.07 Å². The summed E-state index contributed by atoms with van der Waals surface area (Å²) in [7, 11) is 0. The molecule has 0 atom stereocenters. The average Bonchev–Trinajstić information content (AvgIpc) is 3.74. The van der Waals surface area contributed by atoms with E-state index < -0.39 is 22.9 Å². The van der Waals surface area contributed by atoms with Gasteiger partial charge >= 0.3 is 0 Å². The number of hydrogen-bond acceptors (Lipinski definition) is 8. The summed E-state index contributed by atoms with van der Waals surface area (Å²) in [6, 6.07) is 11.4. The van der Waals surface area contributed by atoms with Crippen molar-refractivity contribution in [3.8, 4) is 16.9 Å². The van der Waals surface area contributed by atoms with Crippen molar-refractivity contribution in [1.82, 2.24) is 33.8 Å². The van der Waals surface area contributed by atoms with Gasteiger partial charge in [-0.25, -0.2) is 18.9 Å². The van der Waals surface area contributed by atoms with Crippen molar-refractivity contribution < 1.29 is 19.1 Å². The molecule has 2 aliphatic heterocycles. The van der Waals surface area contributed by atoms with Crippen molar-refractivity contribution in [3.05, 3.63) is 88.1 Å². The summed E-state index contributed by atoms with van der Waals surface area (Å²) >= 11 is 0. The molecule has 1 saturated heterocycles. The van der Waals surface area contributed by atoms with Gasteiger partial charge in [0.25, 0.3) is 17.4 Å². The first kappa shape index (κ1) is 30.3. The summed E-state index contributed by atoms with van der Waals surface area (Å²) < 4.78 is 20.8. The molecular weight excluding hydrogens is 605 g/mol. The van der Waals surface area contributed by atoms with Crippen LogP contribution in [-0.4, -0.2) is 69.5 Å². The number of rotatable bonds is 6. The zero-order chi connectivity index (χ0) is 33.0.